The minimum atomic E-state index is 0.00696. The standard InChI is InChI=1S/C37H26S/c1-37(2)32-14-4-3-12-28(32)29-18-16-27(22-33(29)37)25-11-5-10-24(20-25)26-17-19-34-31(21-26)30-13-6-8-23-9-7-15-35(38-34)36(23)30/h3-22H,1-2H3. The molecule has 6 aromatic carbocycles. The van der Waals surface area contributed by atoms with E-state index in [0.29, 0.717) is 0 Å². The van der Waals surface area contributed by atoms with E-state index in [0.717, 1.165) is 0 Å². The molecule has 0 radical (unpaired) electrons. The van der Waals surface area contributed by atoms with Crippen LogP contribution in [0.25, 0.3) is 55.3 Å². The summed E-state index contributed by atoms with van der Waals surface area (Å²) in [6, 6.07) is 45.2. The molecule has 0 atom stereocenters. The Morgan fingerprint density at radius 3 is 1.97 bits per heavy atom. The lowest BCUT2D eigenvalue weighted by Gasteiger charge is -2.22. The molecular formula is C37H26S. The maximum atomic E-state index is 2.41. The Morgan fingerprint density at radius 1 is 0.447 bits per heavy atom. The lowest BCUT2D eigenvalue weighted by Crippen LogP contribution is -2.14. The first-order valence-electron chi connectivity index (χ1n) is 13.3. The molecule has 180 valence electrons. The molecular weight excluding hydrogens is 476 g/mol. The van der Waals surface area contributed by atoms with Crippen molar-refractivity contribution >= 4 is 22.5 Å². The van der Waals surface area contributed by atoms with Gasteiger partial charge in [-0.1, -0.05) is 117 Å². The number of rotatable bonds is 2. The van der Waals surface area contributed by atoms with Crippen molar-refractivity contribution in [1.29, 1.82) is 0 Å². The van der Waals surface area contributed by atoms with Gasteiger partial charge in [-0.2, -0.15) is 0 Å². The van der Waals surface area contributed by atoms with E-state index in [1.165, 1.54) is 76.2 Å². The highest BCUT2D eigenvalue weighted by Gasteiger charge is 2.35. The Labute approximate surface area is 228 Å². The van der Waals surface area contributed by atoms with E-state index in [-0.39, 0.29) is 5.41 Å². The van der Waals surface area contributed by atoms with Gasteiger partial charge in [0, 0.05) is 20.6 Å². The van der Waals surface area contributed by atoms with Gasteiger partial charge in [-0.25, -0.2) is 0 Å². The summed E-state index contributed by atoms with van der Waals surface area (Å²) in [4.78, 5) is 2.68. The van der Waals surface area contributed by atoms with Gasteiger partial charge in [0.1, 0.15) is 0 Å². The first kappa shape index (κ1) is 22.0. The van der Waals surface area contributed by atoms with Crippen molar-refractivity contribution in [2.45, 2.75) is 29.1 Å². The van der Waals surface area contributed by atoms with E-state index >= 15 is 0 Å². The fourth-order valence-corrected chi connectivity index (χ4v) is 7.63. The van der Waals surface area contributed by atoms with E-state index in [1.807, 2.05) is 11.8 Å². The van der Waals surface area contributed by atoms with E-state index in [9.17, 15) is 0 Å². The zero-order valence-electron chi connectivity index (χ0n) is 21.5. The third-order valence-corrected chi connectivity index (χ3v) is 9.60. The van der Waals surface area contributed by atoms with Crippen LogP contribution in [0.15, 0.2) is 131 Å². The topological polar surface area (TPSA) is 0 Å². The Kier molecular flexibility index (Phi) is 4.60. The molecule has 1 heteroatoms. The number of benzene rings is 6. The van der Waals surface area contributed by atoms with Crippen LogP contribution in [-0.2, 0) is 5.41 Å². The second kappa shape index (κ2) is 7.96. The summed E-state index contributed by atoms with van der Waals surface area (Å²) in [5.41, 5.74) is 13.3. The maximum absolute atomic E-state index is 2.41. The van der Waals surface area contributed by atoms with Crippen molar-refractivity contribution < 1.29 is 0 Å². The molecule has 0 N–H and O–H groups in total. The van der Waals surface area contributed by atoms with Gasteiger partial charge in [-0.3, -0.25) is 0 Å². The highest BCUT2D eigenvalue weighted by atomic mass is 32.2. The van der Waals surface area contributed by atoms with Gasteiger partial charge in [0.25, 0.3) is 0 Å². The molecule has 8 rings (SSSR count). The molecule has 0 amide bonds. The van der Waals surface area contributed by atoms with Crippen molar-refractivity contribution in [3.05, 3.63) is 132 Å². The third kappa shape index (κ3) is 3.12. The van der Waals surface area contributed by atoms with Crippen LogP contribution in [0.1, 0.15) is 25.0 Å². The van der Waals surface area contributed by atoms with Crippen molar-refractivity contribution in [1.82, 2.24) is 0 Å². The molecule has 6 aromatic rings. The fourth-order valence-electron chi connectivity index (χ4n) is 6.51. The van der Waals surface area contributed by atoms with Crippen LogP contribution in [-0.4, -0.2) is 0 Å². The molecule has 2 aliphatic rings. The lowest BCUT2D eigenvalue weighted by atomic mass is 9.81. The Hall–Kier alpha value is -4.07. The average Bonchev–Trinajstić information content (AvgIpc) is 3.19. The second-order valence-corrected chi connectivity index (χ2v) is 12.1. The van der Waals surface area contributed by atoms with E-state index in [1.54, 1.807) is 0 Å². The van der Waals surface area contributed by atoms with Gasteiger partial charge in [-0.15, -0.1) is 0 Å². The van der Waals surface area contributed by atoms with Crippen LogP contribution in [0.2, 0.25) is 0 Å². The van der Waals surface area contributed by atoms with Gasteiger partial charge in [0.05, 0.1) is 0 Å². The van der Waals surface area contributed by atoms with Crippen LogP contribution < -0.4 is 0 Å². The summed E-state index contributed by atoms with van der Waals surface area (Å²) < 4.78 is 0. The molecule has 0 saturated carbocycles. The summed E-state index contributed by atoms with van der Waals surface area (Å²) in [5, 5.41) is 2.69. The first-order chi connectivity index (χ1) is 18.6. The highest BCUT2D eigenvalue weighted by molar-refractivity contribution is 7.99. The van der Waals surface area contributed by atoms with Crippen molar-refractivity contribution in [3.8, 4) is 44.5 Å². The van der Waals surface area contributed by atoms with Crippen LogP contribution in [0.4, 0.5) is 0 Å². The molecule has 0 spiro atoms. The molecule has 0 fully saturated rings. The number of fused-ring (bicyclic) bond motifs is 5. The summed E-state index contributed by atoms with van der Waals surface area (Å²) in [5.74, 6) is 0. The van der Waals surface area contributed by atoms with E-state index in [2.05, 4.69) is 135 Å². The molecule has 1 aliphatic heterocycles. The summed E-state index contributed by atoms with van der Waals surface area (Å²) in [6.07, 6.45) is 0. The van der Waals surface area contributed by atoms with Gasteiger partial charge < -0.3 is 0 Å². The van der Waals surface area contributed by atoms with Crippen LogP contribution >= 0.6 is 11.8 Å². The zero-order chi connectivity index (χ0) is 25.4. The fraction of sp³-hybridized carbons (Fsp3) is 0.0811. The molecule has 38 heavy (non-hydrogen) atoms. The summed E-state index contributed by atoms with van der Waals surface area (Å²) in [6.45, 7) is 4.70. The van der Waals surface area contributed by atoms with Gasteiger partial charge in [0.15, 0.2) is 0 Å². The van der Waals surface area contributed by atoms with Gasteiger partial charge >= 0.3 is 0 Å². The normalized spacial score (nSPS) is 14.2. The average molecular weight is 503 g/mol. The van der Waals surface area contributed by atoms with Crippen molar-refractivity contribution in [3.63, 3.8) is 0 Å². The van der Waals surface area contributed by atoms with E-state index in [4.69, 9.17) is 0 Å². The molecule has 0 bridgehead atoms. The van der Waals surface area contributed by atoms with Crippen LogP contribution in [0, 0.1) is 0 Å². The summed E-state index contributed by atoms with van der Waals surface area (Å²) >= 11 is 1.88. The molecule has 0 unspecified atom stereocenters. The quantitative estimate of drug-likeness (QED) is 0.226. The van der Waals surface area contributed by atoms with Gasteiger partial charge in [-0.05, 0) is 91.4 Å². The largest absolute Gasteiger partial charge is 0.0888 e. The Bertz CT molecular complexity index is 1920. The smallest absolute Gasteiger partial charge is 0.0207 e. The molecule has 0 saturated heterocycles. The highest BCUT2D eigenvalue weighted by Crippen LogP contribution is 2.50. The molecule has 1 aliphatic carbocycles. The predicted molar refractivity (Wildman–Crippen MR) is 162 cm³/mol. The maximum Gasteiger partial charge on any atom is 0.0207 e. The van der Waals surface area contributed by atoms with Crippen LogP contribution in [0.5, 0.6) is 0 Å². The van der Waals surface area contributed by atoms with Crippen molar-refractivity contribution in [2.24, 2.45) is 0 Å². The molecule has 0 aromatic heterocycles. The minimum Gasteiger partial charge on any atom is -0.0888 e. The SMILES string of the molecule is CC1(C)c2ccccc2-c2ccc(-c3cccc(-c4ccc5c(c4)-c4cccc6cccc(c46)S5)c3)cc21. The minimum absolute atomic E-state index is 0.00696. The Balaban J connectivity index is 1.22. The summed E-state index contributed by atoms with van der Waals surface area (Å²) in [7, 11) is 0. The predicted octanol–water partition coefficient (Wildman–Crippen LogP) is 10.6. The lowest BCUT2D eigenvalue weighted by molar-refractivity contribution is 0.660. The zero-order valence-corrected chi connectivity index (χ0v) is 22.3. The monoisotopic (exact) mass is 502 g/mol. The Morgan fingerprint density at radius 2 is 1.11 bits per heavy atom. The third-order valence-electron chi connectivity index (χ3n) is 8.47. The first-order valence-corrected chi connectivity index (χ1v) is 14.1. The number of hydrogen-bond donors (Lipinski definition) is 0. The molecule has 0 nitrogen and oxygen atoms in total. The van der Waals surface area contributed by atoms with Crippen LogP contribution in [0.3, 0.4) is 0 Å². The van der Waals surface area contributed by atoms with Gasteiger partial charge in [0.2, 0.25) is 0 Å². The van der Waals surface area contributed by atoms with Crippen molar-refractivity contribution in [2.75, 3.05) is 0 Å². The number of hydrogen-bond acceptors (Lipinski definition) is 1. The van der Waals surface area contributed by atoms with E-state index < -0.39 is 0 Å². The molecule has 1 heterocycles. The second-order valence-electron chi connectivity index (χ2n) is 11.0.